The molecule has 0 aliphatic carbocycles. The number of rotatable bonds is 9. The average molecular weight is 250 g/mol. The van der Waals surface area contributed by atoms with E-state index in [0.717, 1.165) is 32.8 Å². The molecular weight excluding hydrogens is 224 g/mol. The highest BCUT2D eigenvalue weighted by atomic mass is 16.5. The van der Waals surface area contributed by atoms with Gasteiger partial charge in [-0.25, -0.2) is 0 Å². The van der Waals surface area contributed by atoms with Crippen molar-refractivity contribution in [3.63, 3.8) is 0 Å². The zero-order valence-electron chi connectivity index (χ0n) is 11.9. The molecule has 18 heavy (non-hydrogen) atoms. The van der Waals surface area contributed by atoms with Gasteiger partial charge in [-0.15, -0.1) is 0 Å². The summed E-state index contributed by atoms with van der Waals surface area (Å²) in [7, 11) is 2.15. The third-order valence-electron chi connectivity index (χ3n) is 2.97. The predicted molar refractivity (Wildman–Crippen MR) is 76.8 cm³/mol. The highest BCUT2D eigenvalue weighted by Crippen LogP contribution is 2.13. The Morgan fingerprint density at radius 1 is 1.22 bits per heavy atom. The molecule has 0 amide bonds. The van der Waals surface area contributed by atoms with Gasteiger partial charge in [0, 0.05) is 25.7 Å². The van der Waals surface area contributed by atoms with E-state index in [1.54, 1.807) is 0 Å². The van der Waals surface area contributed by atoms with Crippen LogP contribution in [0, 0.1) is 0 Å². The smallest absolute Gasteiger partial charge is 0.0593 e. The SMILES string of the molecule is CCNC(CN(C)CCOCC)c1ccccc1. The second-order valence-electron chi connectivity index (χ2n) is 4.48. The Morgan fingerprint density at radius 2 is 1.94 bits per heavy atom. The summed E-state index contributed by atoms with van der Waals surface area (Å²) in [6, 6.07) is 11.0. The highest BCUT2D eigenvalue weighted by molar-refractivity contribution is 5.19. The Bertz CT molecular complexity index is 303. The summed E-state index contributed by atoms with van der Waals surface area (Å²) in [5, 5.41) is 3.54. The summed E-state index contributed by atoms with van der Waals surface area (Å²) in [6.07, 6.45) is 0. The van der Waals surface area contributed by atoms with E-state index in [1.807, 2.05) is 6.92 Å². The van der Waals surface area contributed by atoms with Gasteiger partial charge in [0.1, 0.15) is 0 Å². The molecule has 0 saturated carbocycles. The molecule has 3 heteroatoms. The maximum Gasteiger partial charge on any atom is 0.0593 e. The monoisotopic (exact) mass is 250 g/mol. The van der Waals surface area contributed by atoms with E-state index < -0.39 is 0 Å². The first-order chi connectivity index (χ1) is 8.77. The van der Waals surface area contributed by atoms with E-state index in [2.05, 4.69) is 54.5 Å². The largest absolute Gasteiger partial charge is 0.380 e. The summed E-state index contributed by atoms with van der Waals surface area (Å²) in [4.78, 5) is 2.32. The predicted octanol–water partition coefficient (Wildman–Crippen LogP) is 2.31. The lowest BCUT2D eigenvalue weighted by Crippen LogP contribution is -2.34. The van der Waals surface area contributed by atoms with Crippen LogP contribution in [0.15, 0.2) is 30.3 Å². The molecule has 1 N–H and O–H groups in total. The van der Waals surface area contributed by atoms with Gasteiger partial charge < -0.3 is 15.0 Å². The zero-order chi connectivity index (χ0) is 13.2. The zero-order valence-corrected chi connectivity index (χ0v) is 11.9. The molecular formula is C15H26N2O. The Balaban J connectivity index is 2.47. The first-order valence-electron chi connectivity index (χ1n) is 6.82. The molecule has 0 saturated heterocycles. The summed E-state index contributed by atoms with van der Waals surface area (Å²) in [5.74, 6) is 0. The second kappa shape index (κ2) is 9.09. The summed E-state index contributed by atoms with van der Waals surface area (Å²) >= 11 is 0. The quantitative estimate of drug-likeness (QED) is 0.681. The molecule has 1 aromatic rings. The van der Waals surface area contributed by atoms with E-state index in [1.165, 1.54) is 5.56 Å². The molecule has 0 spiro atoms. The Kier molecular flexibility index (Phi) is 7.65. The molecule has 1 unspecified atom stereocenters. The molecule has 0 aliphatic rings. The van der Waals surface area contributed by atoms with Crippen LogP contribution in [0.25, 0.3) is 0 Å². The fraction of sp³-hybridized carbons (Fsp3) is 0.600. The van der Waals surface area contributed by atoms with Gasteiger partial charge in [0.25, 0.3) is 0 Å². The number of hydrogen-bond acceptors (Lipinski definition) is 3. The Morgan fingerprint density at radius 3 is 2.56 bits per heavy atom. The van der Waals surface area contributed by atoms with E-state index >= 15 is 0 Å². The van der Waals surface area contributed by atoms with Crippen LogP contribution in [0.1, 0.15) is 25.5 Å². The van der Waals surface area contributed by atoms with Crippen molar-refractivity contribution in [2.75, 3.05) is 39.9 Å². The van der Waals surface area contributed by atoms with Gasteiger partial charge in [0.05, 0.1) is 6.61 Å². The number of nitrogens with one attached hydrogen (secondary N) is 1. The van der Waals surface area contributed by atoms with Gasteiger partial charge >= 0.3 is 0 Å². The van der Waals surface area contributed by atoms with Crippen molar-refractivity contribution in [3.8, 4) is 0 Å². The Hall–Kier alpha value is -0.900. The van der Waals surface area contributed by atoms with Crippen molar-refractivity contribution in [3.05, 3.63) is 35.9 Å². The lowest BCUT2D eigenvalue weighted by atomic mass is 10.1. The third kappa shape index (κ3) is 5.63. The topological polar surface area (TPSA) is 24.5 Å². The van der Waals surface area contributed by atoms with Crippen LogP contribution >= 0.6 is 0 Å². The maximum atomic E-state index is 5.39. The minimum absolute atomic E-state index is 0.392. The van der Waals surface area contributed by atoms with Crippen LogP contribution in [-0.2, 0) is 4.74 Å². The molecule has 0 aromatic heterocycles. The fourth-order valence-corrected chi connectivity index (χ4v) is 1.99. The van der Waals surface area contributed by atoms with Crippen LogP contribution < -0.4 is 5.32 Å². The van der Waals surface area contributed by atoms with Crippen LogP contribution in [0.2, 0.25) is 0 Å². The number of likely N-dealkylation sites (N-methyl/N-ethyl adjacent to an activating group) is 2. The summed E-state index contributed by atoms with van der Waals surface area (Å²) in [5.41, 5.74) is 1.35. The molecule has 1 atom stereocenters. The molecule has 102 valence electrons. The second-order valence-corrected chi connectivity index (χ2v) is 4.48. The molecule has 0 aliphatic heterocycles. The Labute approximate surface area is 111 Å². The summed E-state index contributed by atoms with van der Waals surface area (Å²) in [6.45, 7) is 8.75. The number of benzene rings is 1. The first kappa shape index (κ1) is 15.2. The van der Waals surface area contributed by atoms with Gasteiger partial charge in [-0.1, -0.05) is 37.3 Å². The molecule has 0 heterocycles. The van der Waals surface area contributed by atoms with Crippen LogP contribution in [0.5, 0.6) is 0 Å². The lowest BCUT2D eigenvalue weighted by Gasteiger charge is -2.25. The van der Waals surface area contributed by atoms with E-state index in [0.29, 0.717) is 6.04 Å². The third-order valence-corrected chi connectivity index (χ3v) is 2.97. The van der Waals surface area contributed by atoms with Gasteiger partial charge in [-0.05, 0) is 26.1 Å². The van der Waals surface area contributed by atoms with Gasteiger partial charge in [-0.2, -0.15) is 0 Å². The maximum absolute atomic E-state index is 5.39. The highest BCUT2D eigenvalue weighted by Gasteiger charge is 2.12. The van der Waals surface area contributed by atoms with Crippen LogP contribution in [-0.4, -0.2) is 44.8 Å². The molecule has 1 aromatic carbocycles. The summed E-state index contributed by atoms with van der Waals surface area (Å²) < 4.78 is 5.39. The standard InChI is InChI=1S/C15H26N2O/c1-4-16-15(14-9-7-6-8-10-14)13-17(3)11-12-18-5-2/h6-10,15-16H,4-5,11-13H2,1-3H3. The average Bonchev–Trinajstić information content (AvgIpc) is 2.39. The van der Waals surface area contributed by atoms with Crippen molar-refractivity contribution >= 4 is 0 Å². The van der Waals surface area contributed by atoms with Crippen molar-refractivity contribution < 1.29 is 4.74 Å². The molecule has 0 bridgehead atoms. The van der Waals surface area contributed by atoms with Crippen molar-refractivity contribution in [2.24, 2.45) is 0 Å². The number of hydrogen-bond donors (Lipinski definition) is 1. The lowest BCUT2D eigenvalue weighted by molar-refractivity contribution is 0.119. The van der Waals surface area contributed by atoms with E-state index in [4.69, 9.17) is 4.74 Å². The number of ether oxygens (including phenoxy) is 1. The molecule has 1 rings (SSSR count). The van der Waals surface area contributed by atoms with Gasteiger partial charge in [-0.3, -0.25) is 0 Å². The van der Waals surface area contributed by atoms with E-state index in [-0.39, 0.29) is 0 Å². The van der Waals surface area contributed by atoms with Crippen molar-refractivity contribution in [1.29, 1.82) is 0 Å². The normalized spacial score (nSPS) is 12.9. The first-order valence-corrected chi connectivity index (χ1v) is 6.82. The van der Waals surface area contributed by atoms with Gasteiger partial charge in [0.2, 0.25) is 0 Å². The van der Waals surface area contributed by atoms with Crippen molar-refractivity contribution in [2.45, 2.75) is 19.9 Å². The minimum atomic E-state index is 0.392. The molecule has 0 radical (unpaired) electrons. The van der Waals surface area contributed by atoms with Crippen LogP contribution in [0.3, 0.4) is 0 Å². The number of nitrogens with zero attached hydrogens (tertiary/aromatic N) is 1. The van der Waals surface area contributed by atoms with E-state index in [9.17, 15) is 0 Å². The minimum Gasteiger partial charge on any atom is -0.380 e. The van der Waals surface area contributed by atoms with Crippen molar-refractivity contribution in [1.82, 2.24) is 10.2 Å². The fourth-order valence-electron chi connectivity index (χ4n) is 1.99. The van der Waals surface area contributed by atoms with Gasteiger partial charge in [0.15, 0.2) is 0 Å². The molecule has 3 nitrogen and oxygen atoms in total. The molecule has 0 fully saturated rings. The van der Waals surface area contributed by atoms with Crippen LogP contribution in [0.4, 0.5) is 0 Å².